The first-order chi connectivity index (χ1) is 12.9. The van der Waals surface area contributed by atoms with Crippen LogP contribution in [0.3, 0.4) is 0 Å². The zero-order valence-electron chi connectivity index (χ0n) is 16.5. The van der Waals surface area contributed by atoms with Gasteiger partial charge in [-0.1, -0.05) is 32.9 Å². The summed E-state index contributed by atoms with van der Waals surface area (Å²) in [7, 11) is 0. The molecule has 0 atom stereocenters. The van der Waals surface area contributed by atoms with Gasteiger partial charge in [-0.3, -0.25) is 9.48 Å². The van der Waals surface area contributed by atoms with Crippen molar-refractivity contribution in [1.29, 1.82) is 0 Å². The molecule has 1 saturated heterocycles. The van der Waals surface area contributed by atoms with Crippen LogP contribution in [-0.4, -0.2) is 41.9 Å². The molecule has 0 unspecified atom stereocenters. The summed E-state index contributed by atoms with van der Waals surface area (Å²) in [6, 6.07) is 10.0. The van der Waals surface area contributed by atoms with E-state index in [1.807, 2.05) is 24.4 Å². The van der Waals surface area contributed by atoms with Crippen molar-refractivity contribution in [2.75, 3.05) is 26.2 Å². The monoisotopic (exact) mass is 370 g/mol. The van der Waals surface area contributed by atoms with Gasteiger partial charge in [0.2, 0.25) is 5.91 Å². The molecule has 27 heavy (non-hydrogen) atoms. The molecular weight excluding hydrogens is 340 g/mol. The van der Waals surface area contributed by atoms with Crippen LogP contribution in [0.15, 0.2) is 42.7 Å². The summed E-state index contributed by atoms with van der Waals surface area (Å²) in [6.07, 6.45) is 5.06. The molecule has 2 N–H and O–H groups in total. The Kier molecular flexibility index (Phi) is 5.85. The van der Waals surface area contributed by atoms with Crippen molar-refractivity contribution in [3.8, 4) is 5.75 Å². The number of hydrogen-bond donors (Lipinski definition) is 2. The summed E-state index contributed by atoms with van der Waals surface area (Å²) in [6.45, 7) is 9.06. The molecule has 0 radical (unpaired) electrons. The third kappa shape index (κ3) is 4.50. The molecular formula is C21H30N4O2. The minimum Gasteiger partial charge on any atom is -0.492 e. The summed E-state index contributed by atoms with van der Waals surface area (Å²) < 4.78 is 7.66. The van der Waals surface area contributed by atoms with Gasteiger partial charge >= 0.3 is 0 Å². The molecule has 1 aromatic carbocycles. The minimum atomic E-state index is -0.610. The highest BCUT2D eigenvalue weighted by Gasteiger charge is 2.41. The van der Waals surface area contributed by atoms with Crippen molar-refractivity contribution in [2.24, 2.45) is 0 Å². The third-order valence-corrected chi connectivity index (χ3v) is 5.15. The van der Waals surface area contributed by atoms with Crippen LogP contribution >= 0.6 is 0 Å². The molecule has 1 aliphatic heterocycles. The third-order valence-electron chi connectivity index (χ3n) is 5.15. The number of carbonyl (C=O) groups excluding carboxylic acids is 1. The van der Waals surface area contributed by atoms with Crippen molar-refractivity contribution in [1.82, 2.24) is 20.4 Å². The molecule has 0 saturated carbocycles. The van der Waals surface area contributed by atoms with Gasteiger partial charge in [-0.15, -0.1) is 0 Å². The van der Waals surface area contributed by atoms with Crippen molar-refractivity contribution in [3.05, 3.63) is 48.3 Å². The van der Waals surface area contributed by atoms with Crippen molar-refractivity contribution < 1.29 is 9.53 Å². The Morgan fingerprint density at radius 3 is 2.74 bits per heavy atom. The Hall–Kier alpha value is -2.34. The van der Waals surface area contributed by atoms with Gasteiger partial charge in [0.05, 0.1) is 6.54 Å². The number of nitrogens with zero attached hydrogens (tertiary/aromatic N) is 2. The summed E-state index contributed by atoms with van der Waals surface area (Å²) in [5.41, 5.74) is 0.705. The predicted molar refractivity (Wildman–Crippen MR) is 106 cm³/mol. The van der Waals surface area contributed by atoms with E-state index in [-0.39, 0.29) is 11.3 Å². The summed E-state index contributed by atoms with van der Waals surface area (Å²) in [5, 5.41) is 10.7. The molecule has 0 spiro atoms. The highest BCUT2D eigenvalue weighted by atomic mass is 16.5. The van der Waals surface area contributed by atoms with Crippen LogP contribution in [0.5, 0.6) is 5.75 Å². The van der Waals surface area contributed by atoms with E-state index in [1.54, 1.807) is 10.9 Å². The largest absolute Gasteiger partial charge is 0.492 e. The molecule has 6 heteroatoms. The van der Waals surface area contributed by atoms with E-state index < -0.39 is 5.54 Å². The smallest absolute Gasteiger partial charge is 0.248 e. The molecule has 6 nitrogen and oxygen atoms in total. The molecule has 1 aromatic heterocycles. The zero-order valence-corrected chi connectivity index (χ0v) is 16.5. The van der Waals surface area contributed by atoms with Crippen LogP contribution in [-0.2, 0) is 15.7 Å². The van der Waals surface area contributed by atoms with Crippen LogP contribution in [0.25, 0.3) is 0 Å². The van der Waals surface area contributed by atoms with Gasteiger partial charge in [-0.25, -0.2) is 0 Å². The first-order valence-corrected chi connectivity index (χ1v) is 9.64. The lowest BCUT2D eigenvalue weighted by atomic mass is 9.87. The van der Waals surface area contributed by atoms with Crippen molar-refractivity contribution in [3.63, 3.8) is 0 Å². The normalized spacial score (nSPS) is 16.7. The number of ether oxygens (including phenoxy) is 1. The van der Waals surface area contributed by atoms with Crippen molar-refractivity contribution >= 4 is 5.91 Å². The number of carbonyl (C=O) groups is 1. The second-order valence-electron chi connectivity index (χ2n) is 8.11. The maximum Gasteiger partial charge on any atom is 0.248 e. The molecule has 0 bridgehead atoms. The quantitative estimate of drug-likeness (QED) is 0.767. The SMILES string of the molecule is CC(C)(C)c1cccc(OCCNC(=O)C2(n3cccn3)CCNCC2)c1. The molecule has 3 rings (SSSR count). The number of benzene rings is 1. The van der Waals surface area contributed by atoms with Gasteiger partial charge in [0.1, 0.15) is 17.9 Å². The standard InChI is InChI=1S/C21H30N4O2/c1-20(2,3)17-6-4-7-18(16-17)27-15-13-23-19(26)21(8-11-22-12-9-21)25-14-5-10-24-25/h4-7,10,14,16,22H,8-9,11-13,15H2,1-3H3,(H,23,26). The first-order valence-electron chi connectivity index (χ1n) is 9.64. The first kappa shape index (κ1) is 19.4. The second-order valence-corrected chi connectivity index (χ2v) is 8.11. The van der Waals surface area contributed by atoms with Gasteiger partial charge in [0.25, 0.3) is 0 Å². The number of aromatic nitrogens is 2. The van der Waals surface area contributed by atoms with Gasteiger partial charge < -0.3 is 15.4 Å². The van der Waals surface area contributed by atoms with Gasteiger partial charge in [-0.2, -0.15) is 5.10 Å². The molecule has 2 aromatic rings. The fourth-order valence-electron chi connectivity index (χ4n) is 3.47. The second kappa shape index (κ2) is 8.13. The van der Waals surface area contributed by atoms with Gasteiger partial charge in [0, 0.05) is 12.4 Å². The lowest BCUT2D eigenvalue weighted by Crippen LogP contribution is -2.55. The number of nitrogens with one attached hydrogen (secondary N) is 2. The number of hydrogen-bond acceptors (Lipinski definition) is 4. The van der Waals surface area contributed by atoms with E-state index in [9.17, 15) is 4.79 Å². The van der Waals surface area contributed by atoms with E-state index in [0.29, 0.717) is 13.2 Å². The number of amides is 1. The van der Waals surface area contributed by atoms with E-state index in [2.05, 4.69) is 48.6 Å². The number of rotatable bonds is 6. The molecule has 2 heterocycles. The predicted octanol–water partition coefficient (Wildman–Crippen LogP) is 2.45. The maximum atomic E-state index is 13.0. The fourth-order valence-corrected chi connectivity index (χ4v) is 3.47. The van der Waals surface area contributed by atoms with E-state index in [1.165, 1.54) is 5.56 Å². The highest BCUT2D eigenvalue weighted by molar-refractivity contribution is 5.84. The van der Waals surface area contributed by atoms with Crippen molar-refractivity contribution in [2.45, 2.75) is 44.6 Å². The Morgan fingerprint density at radius 2 is 2.07 bits per heavy atom. The molecule has 1 amide bonds. The summed E-state index contributed by atoms with van der Waals surface area (Å²) in [5.74, 6) is 0.847. The average molecular weight is 370 g/mol. The average Bonchev–Trinajstić information content (AvgIpc) is 3.20. The fraction of sp³-hybridized carbons (Fsp3) is 0.524. The molecule has 146 valence electrons. The molecule has 1 aliphatic rings. The van der Waals surface area contributed by atoms with Gasteiger partial charge in [-0.05, 0) is 55.1 Å². The topological polar surface area (TPSA) is 68.2 Å². The zero-order chi connectivity index (χ0) is 19.3. The summed E-state index contributed by atoms with van der Waals surface area (Å²) in [4.78, 5) is 13.0. The lowest BCUT2D eigenvalue weighted by molar-refractivity contribution is -0.132. The Morgan fingerprint density at radius 1 is 1.30 bits per heavy atom. The van der Waals surface area contributed by atoms with E-state index >= 15 is 0 Å². The van der Waals surface area contributed by atoms with E-state index in [4.69, 9.17) is 4.74 Å². The van der Waals surface area contributed by atoms with Crippen LogP contribution in [0.2, 0.25) is 0 Å². The van der Waals surface area contributed by atoms with Crippen LogP contribution in [0.4, 0.5) is 0 Å². The Balaban J connectivity index is 1.56. The van der Waals surface area contributed by atoms with E-state index in [0.717, 1.165) is 31.7 Å². The number of piperidine rings is 1. The molecule has 0 aliphatic carbocycles. The van der Waals surface area contributed by atoms with Crippen LogP contribution in [0.1, 0.15) is 39.2 Å². The minimum absolute atomic E-state index is 0.0137. The van der Waals surface area contributed by atoms with Crippen LogP contribution < -0.4 is 15.4 Å². The Bertz CT molecular complexity index is 744. The van der Waals surface area contributed by atoms with Gasteiger partial charge in [0.15, 0.2) is 0 Å². The highest BCUT2D eigenvalue weighted by Crippen LogP contribution is 2.27. The Labute approximate surface area is 161 Å². The van der Waals surface area contributed by atoms with Crippen LogP contribution in [0, 0.1) is 0 Å². The maximum absolute atomic E-state index is 13.0. The lowest BCUT2D eigenvalue weighted by Gasteiger charge is -2.36. The molecule has 1 fully saturated rings. The summed E-state index contributed by atoms with van der Waals surface area (Å²) >= 11 is 0.